The third-order valence-electron chi connectivity index (χ3n) is 4.65. The van der Waals surface area contributed by atoms with E-state index in [0.717, 1.165) is 24.9 Å². The van der Waals surface area contributed by atoms with Crippen molar-refractivity contribution in [1.29, 1.82) is 0 Å². The van der Waals surface area contributed by atoms with Crippen molar-refractivity contribution in [3.63, 3.8) is 0 Å². The van der Waals surface area contributed by atoms with Crippen LogP contribution in [0, 0.1) is 0 Å². The van der Waals surface area contributed by atoms with E-state index in [9.17, 15) is 4.79 Å². The maximum absolute atomic E-state index is 12.4. The first kappa shape index (κ1) is 16.3. The van der Waals surface area contributed by atoms with Gasteiger partial charge in [0.05, 0.1) is 13.2 Å². The van der Waals surface area contributed by atoms with Crippen LogP contribution in [0.2, 0.25) is 0 Å². The number of carbonyl (C=O) groups excluding carboxylic acids is 1. The maximum Gasteiger partial charge on any atom is 0.321 e. The minimum absolute atomic E-state index is 0.0424. The number of nitrogens with zero attached hydrogens (tertiary/aromatic N) is 1. The number of urea groups is 1. The maximum atomic E-state index is 12.4. The first-order valence-corrected chi connectivity index (χ1v) is 8.63. The molecule has 1 aromatic rings. The number of anilines is 1. The number of ether oxygens (including phenoxy) is 2. The third kappa shape index (κ3) is 4.03. The van der Waals surface area contributed by atoms with Crippen molar-refractivity contribution in [2.45, 2.75) is 44.8 Å². The number of amides is 2. The Morgan fingerprint density at radius 2 is 1.83 bits per heavy atom. The molecule has 2 heterocycles. The largest absolute Gasteiger partial charge is 0.347 e. The molecular weight excluding hydrogens is 292 g/mol. The molecule has 2 amide bonds. The Hall–Kier alpha value is -1.59. The fourth-order valence-corrected chi connectivity index (χ4v) is 3.17. The zero-order valence-electron chi connectivity index (χ0n) is 13.8. The van der Waals surface area contributed by atoms with E-state index in [1.54, 1.807) is 0 Å². The molecule has 0 unspecified atom stereocenters. The zero-order valence-corrected chi connectivity index (χ0v) is 13.8. The number of aryl methyl sites for hydroxylation is 1. The number of piperidine rings is 1. The molecule has 1 spiro atoms. The van der Waals surface area contributed by atoms with Crippen LogP contribution in [0.3, 0.4) is 0 Å². The van der Waals surface area contributed by atoms with Crippen LogP contribution < -0.4 is 5.32 Å². The van der Waals surface area contributed by atoms with Gasteiger partial charge in [0.1, 0.15) is 0 Å². The van der Waals surface area contributed by atoms with Crippen molar-refractivity contribution in [3.8, 4) is 0 Å². The number of hydrogen-bond acceptors (Lipinski definition) is 3. The number of unbranched alkanes of at least 4 members (excludes halogenated alkanes) is 1. The molecule has 0 bridgehead atoms. The van der Waals surface area contributed by atoms with Gasteiger partial charge < -0.3 is 19.7 Å². The number of nitrogens with one attached hydrogen (secondary N) is 1. The van der Waals surface area contributed by atoms with E-state index in [4.69, 9.17) is 9.47 Å². The van der Waals surface area contributed by atoms with Crippen LogP contribution in [0.1, 0.15) is 38.2 Å². The minimum Gasteiger partial charge on any atom is -0.347 e. The standard InChI is InChI=1S/C18H26N2O3/c1-2-3-4-15-5-7-16(8-6-15)19-17(21)20-11-9-18(10-12-20)22-13-14-23-18/h5-8H,2-4,9-14H2,1H3,(H,19,21). The van der Waals surface area contributed by atoms with Crippen LogP contribution in [0.25, 0.3) is 0 Å². The molecule has 5 heteroatoms. The monoisotopic (exact) mass is 318 g/mol. The summed E-state index contributed by atoms with van der Waals surface area (Å²) in [4.78, 5) is 14.2. The van der Waals surface area contributed by atoms with Gasteiger partial charge in [-0.2, -0.15) is 0 Å². The summed E-state index contributed by atoms with van der Waals surface area (Å²) in [6.07, 6.45) is 4.99. The average Bonchev–Trinajstić information content (AvgIpc) is 3.03. The van der Waals surface area contributed by atoms with E-state index in [2.05, 4.69) is 24.4 Å². The summed E-state index contributed by atoms with van der Waals surface area (Å²) in [5.74, 6) is -0.433. The Labute approximate surface area is 137 Å². The topological polar surface area (TPSA) is 50.8 Å². The molecule has 5 nitrogen and oxygen atoms in total. The van der Waals surface area contributed by atoms with Gasteiger partial charge in [0.25, 0.3) is 0 Å². The van der Waals surface area contributed by atoms with Gasteiger partial charge in [-0.25, -0.2) is 4.79 Å². The second-order valence-electron chi connectivity index (χ2n) is 6.33. The van der Waals surface area contributed by atoms with Crippen molar-refractivity contribution >= 4 is 11.7 Å². The van der Waals surface area contributed by atoms with Gasteiger partial charge in [0.2, 0.25) is 0 Å². The quantitative estimate of drug-likeness (QED) is 0.925. The van der Waals surface area contributed by atoms with E-state index < -0.39 is 5.79 Å². The molecule has 0 aliphatic carbocycles. The fourth-order valence-electron chi connectivity index (χ4n) is 3.17. The predicted molar refractivity (Wildman–Crippen MR) is 89.5 cm³/mol. The first-order chi connectivity index (χ1) is 11.2. The molecule has 2 fully saturated rings. The lowest BCUT2D eigenvalue weighted by Crippen LogP contribution is -2.48. The summed E-state index contributed by atoms with van der Waals surface area (Å²) in [5.41, 5.74) is 2.17. The number of likely N-dealkylation sites (tertiary alicyclic amines) is 1. The molecular formula is C18H26N2O3. The highest BCUT2D eigenvalue weighted by atomic mass is 16.7. The normalized spacial score (nSPS) is 20.0. The van der Waals surface area contributed by atoms with Crippen LogP contribution in [0.5, 0.6) is 0 Å². The summed E-state index contributed by atoms with van der Waals surface area (Å²) < 4.78 is 11.4. The van der Waals surface area contributed by atoms with Gasteiger partial charge in [-0.15, -0.1) is 0 Å². The molecule has 1 N–H and O–H groups in total. The summed E-state index contributed by atoms with van der Waals surface area (Å²) in [6.45, 7) is 4.85. The Balaban J connectivity index is 1.49. The van der Waals surface area contributed by atoms with Crippen molar-refractivity contribution in [2.75, 3.05) is 31.6 Å². The highest BCUT2D eigenvalue weighted by molar-refractivity contribution is 5.89. The Morgan fingerprint density at radius 1 is 1.17 bits per heavy atom. The Morgan fingerprint density at radius 3 is 2.43 bits per heavy atom. The highest BCUT2D eigenvalue weighted by Gasteiger charge is 2.40. The summed E-state index contributed by atoms with van der Waals surface area (Å²) >= 11 is 0. The van der Waals surface area contributed by atoms with Gasteiger partial charge in [0.15, 0.2) is 5.79 Å². The zero-order chi connectivity index (χ0) is 16.1. The Kier molecular flexibility index (Phi) is 5.18. The van der Waals surface area contributed by atoms with E-state index in [1.165, 1.54) is 18.4 Å². The third-order valence-corrected chi connectivity index (χ3v) is 4.65. The minimum atomic E-state index is -0.433. The lowest BCUT2D eigenvalue weighted by atomic mass is 10.0. The van der Waals surface area contributed by atoms with Crippen LogP contribution >= 0.6 is 0 Å². The number of carbonyl (C=O) groups is 1. The van der Waals surface area contributed by atoms with Gasteiger partial charge >= 0.3 is 6.03 Å². The van der Waals surface area contributed by atoms with Gasteiger partial charge in [0, 0.05) is 31.6 Å². The lowest BCUT2D eigenvalue weighted by molar-refractivity contribution is -0.181. The molecule has 126 valence electrons. The van der Waals surface area contributed by atoms with Crippen LogP contribution in [0.4, 0.5) is 10.5 Å². The second kappa shape index (κ2) is 7.32. The Bertz CT molecular complexity index is 514. The summed E-state index contributed by atoms with van der Waals surface area (Å²) in [5, 5.41) is 2.98. The summed E-state index contributed by atoms with van der Waals surface area (Å²) in [6, 6.07) is 8.11. The van der Waals surface area contributed by atoms with Crippen molar-refractivity contribution in [1.82, 2.24) is 4.90 Å². The van der Waals surface area contributed by atoms with Gasteiger partial charge in [-0.1, -0.05) is 25.5 Å². The van der Waals surface area contributed by atoms with E-state index in [1.807, 2.05) is 17.0 Å². The van der Waals surface area contributed by atoms with E-state index in [0.29, 0.717) is 26.3 Å². The lowest BCUT2D eigenvalue weighted by Gasteiger charge is -2.37. The molecule has 0 radical (unpaired) electrons. The molecule has 0 aromatic heterocycles. The molecule has 3 rings (SSSR count). The van der Waals surface area contributed by atoms with Crippen molar-refractivity contribution in [2.24, 2.45) is 0 Å². The second-order valence-corrected chi connectivity index (χ2v) is 6.33. The molecule has 0 saturated carbocycles. The number of benzene rings is 1. The SMILES string of the molecule is CCCCc1ccc(NC(=O)N2CCC3(CC2)OCCO3)cc1. The van der Waals surface area contributed by atoms with Gasteiger partial charge in [-0.3, -0.25) is 0 Å². The molecule has 2 aliphatic rings. The predicted octanol–water partition coefficient (Wildman–Crippen LogP) is 3.40. The summed E-state index contributed by atoms with van der Waals surface area (Å²) in [7, 11) is 0. The van der Waals surface area contributed by atoms with E-state index >= 15 is 0 Å². The molecule has 2 aliphatic heterocycles. The average molecular weight is 318 g/mol. The van der Waals surface area contributed by atoms with Crippen molar-refractivity contribution < 1.29 is 14.3 Å². The number of hydrogen-bond donors (Lipinski definition) is 1. The molecule has 2 saturated heterocycles. The fraction of sp³-hybridized carbons (Fsp3) is 0.611. The van der Waals surface area contributed by atoms with Gasteiger partial charge in [-0.05, 0) is 30.5 Å². The molecule has 1 aromatic carbocycles. The first-order valence-electron chi connectivity index (χ1n) is 8.63. The highest BCUT2D eigenvalue weighted by Crippen LogP contribution is 2.31. The van der Waals surface area contributed by atoms with E-state index in [-0.39, 0.29) is 6.03 Å². The molecule has 0 atom stereocenters. The number of rotatable bonds is 4. The van der Waals surface area contributed by atoms with Crippen molar-refractivity contribution in [3.05, 3.63) is 29.8 Å². The van der Waals surface area contributed by atoms with Crippen LogP contribution in [-0.2, 0) is 15.9 Å². The smallest absolute Gasteiger partial charge is 0.321 e. The molecule has 23 heavy (non-hydrogen) atoms. The van der Waals surface area contributed by atoms with Crippen LogP contribution in [-0.4, -0.2) is 43.0 Å². The van der Waals surface area contributed by atoms with Crippen LogP contribution in [0.15, 0.2) is 24.3 Å².